The topological polar surface area (TPSA) is 67.4 Å². The van der Waals surface area contributed by atoms with Gasteiger partial charge >= 0.3 is 0 Å². The molecule has 15 heavy (non-hydrogen) atoms. The molecule has 5 heteroatoms. The summed E-state index contributed by atoms with van der Waals surface area (Å²) in [5.41, 5.74) is 0. The van der Waals surface area contributed by atoms with Gasteiger partial charge in [0.25, 0.3) is 0 Å². The first-order chi connectivity index (χ1) is 7.25. The Hall–Kier alpha value is -0.940. The maximum absolute atomic E-state index is 11.2. The van der Waals surface area contributed by atoms with E-state index in [4.69, 9.17) is 4.74 Å². The third-order valence-electron chi connectivity index (χ3n) is 2.96. The Morgan fingerprint density at radius 2 is 2.07 bits per heavy atom. The molecule has 0 aliphatic carbocycles. The summed E-state index contributed by atoms with van der Waals surface area (Å²) in [7, 11) is 0. The van der Waals surface area contributed by atoms with Crippen molar-refractivity contribution < 1.29 is 14.3 Å². The molecule has 0 aromatic heterocycles. The highest BCUT2D eigenvalue weighted by Crippen LogP contribution is 2.14. The van der Waals surface area contributed by atoms with E-state index in [9.17, 15) is 9.59 Å². The van der Waals surface area contributed by atoms with Crippen LogP contribution in [0.25, 0.3) is 0 Å². The minimum absolute atomic E-state index is 0.176. The van der Waals surface area contributed by atoms with Crippen LogP contribution in [-0.2, 0) is 14.3 Å². The van der Waals surface area contributed by atoms with Gasteiger partial charge in [0.1, 0.15) is 0 Å². The summed E-state index contributed by atoms with van der Waals surface area (Å²) in [4.78, 5) is 22.2. The average molecular weight is 212 g/mol. The second kappa shape index (κ2) is 4.72. The monoisotopic (exact) mass is 212 g/mol. The first kappa shape index (κ1) is 10.6. The first-order valence-electron chi connectivity index (χ1n) is 5.40. The molecule has 0 saturated carbocycles. The van der Waals surface area contributed by atoms with Crippen LogP contribution in [0.15, 0.2) is 0 Å². The molecule has 2 aliphatic rings. The lowest BCUT2D eigenvalue weighted by atomic mass is 10.00. The van der Waals surface area contributed by atoms with Gasteiger partial charge in [-0.15, -0.1) is 0 Å². The van der Waals surface area contributed by atoms with Crippen LogP contribution < -0.4 is 10.6 Å². The number of amides is 2. The van der Waals surface area contributed by atoms with E-state index >= 15 is 0 Å². The minimum Gasteiger partial charge on any atom is -0.381 e. The van der Waals surface area contributed by atoms with Gasteiger partial charge in [0, 0.05) is 13.2 Å². The van der Waals surface area contributed by atoms with Gasteiger partial charge in [0.2, 0.25) is 11.8 Å². The van der Waals surface area contributed by atoms with Gasteiger partial charge in [-0.3, -0.25) is 14.9 Å². The highest BCUT2D eigenvalue weighted by Gasteiger charge is 2.30. The summed E-state index contributed by atoms with van der Waals surface area (Å²) in [5, 5.41) is 5.43. The van der Waals surface area contributed by atoms with E-state index in [0.29, 0.717) is 5.92 Å². The van der Waals surface area contributed by atoms with Gasteiger partial charge in [0.05, 0.1) is 12.5 Å². The third-order valence-corrected chi connectivity index (χ3v) is 2.96. The molecule has 0 aromatic rings. The molecule has 0 spiro atoms. The molecular formula is C10H16N2O3. The van der Waals surface area contributed by atoms with Gasteiger partial charge in [-0.1, -0.05) is 0 Å². The molecule has 2 aliphatic heterocycles. The largest absolute Gasteiger partial charge is 0.381 e. The maximum Gasteiger partial charge on any atom is 0.244 e. The van der Waals surface area contributed by atoms with Crippen molar-refractivity contribution in [2.24, 2.45) is 5.92 Å². The SMILES string of the molecule is O=C1CC(NCC2CCOCC2)C(=O)N1. The first-order valence-corrected chi connectivity index (χ1v) is 5.40. The quantitative estimate of drug-likeness (QED) is 0.614. The van der Waals surface area contributed by atoms with Gasteiger partial charge in [0.15, 0.2) is 0 Å². The molecule has 2 N–H and O–H groups in total. The van der Waals surface area contributed by atoms with Crippen LogP contribution in [0.1, 0.15) is 19.3 Å². The lowest BCUT2D eigenvalue weighted by molar-refractivity contribution is -0.125. The van der Waals surface area contributed by atoms with Gasteiger partial charge in [-0.25, -0.2) is 0 Å². The number of imide groups is 1. The summed E-state index contributed by atoms with van der Waals surface area (Å²) in [6.45, 7) is 2.42. The van der Waals surface area contributed by atoms with E-state index in [-0.39, 0.29) is 24.3 Å². The van der Waals surface area contributed by atoms with E-state index in [1.165, 1.54) is 0 Å². The van der Waals surface area contributed by atoms with E-state index in [1.54, 1.807) is 0 Å². The Bertz CT molecular complexity index is 261. The molecular weight excluding hydrogens is 196 g/mol. The summed E-state index contributed by atoms with van der Waals surface area (Å²) in [6.07, 6.45) is 2.35. The molecule has 0 bridgehead atoms. The normalized spacial score (nSPS) is 28.1. The number of carbonyl (C=O) groups is 2. The Morgan fingerprint density at radius 1 is 1.33 bits per heavy atom. The number of hydrogen-bond donors (Lipinski definition) is 2. The molecule has 2 amide bonds. The zero-order valence-corrected chi connectivity index (χ0v) is 8.62. The van der Waals surface area contributed by atoms with Crippen molar-refractivity contribution in [1.82, 2.24) is 10.6 Å². The van der Waals surface area contributed by atoms with Gasteiger partial charge < -0.3 is 10.1 Å². The van der Waals surface area contributed by atoms with Crippen LogP contribution in [0.4, 0.5) is 0 Å². The van der Waals surface area contributed by atoms with E-state index < -0.39 is 0 Å². The fourth-order valence-electron chi connectivity index (χ4n) is 1.98. The number of nitrogens with one attached hydrogen (secondary N) is 2. The van der Waals surface area contributed by atoms with Crippen molar-refractivity contribution in [3.8, 4) is 0 Å². The van der Waals surface area contributed by atoms with Crippen molar-refractivity contribution in [2.75, 3.05) is 19.8 Å². The highest BCUT2D eigenvalue weighted by atomic mass is 16.5. The standard InChI is InChI=1S/C10H16N2O3/c13-9-5-8(10(14)12-9)11-6-7-1-3-15-4-2-7/h7-8,11H,1-6H2,(H,12,13,14). The van der Waals surface area contributed by atoms with Crippen LogP contribution in [0.3, 0.4) is 0 Å². The van der Waals surface area contributed by atoms with Gasteiger partial charge in [-0.05, 0) is 25.3 Å². The van der Waals surface area contributed by atoms with Crippen molar-refractivity contribution in [3.05, 3.63) is 0 Å². The molecule has 2 saturated heterocycles. The number of hydrogen-bond acceptors (Lipinski definition) is 4. The molecule has 2 heterocycles. The summed E-state index contributed by atoms with van der Waals surface area (Å²) in [5.74, 6) is 0.207. The zero-order chi connectivity index (χ0) is 10.7. The Balaban J connectivity index is 1.73. The van der Waals surface area contributed by atoms with Crippen molar-refractivity contribution in [2.45, 2.75) is 25.3 Å². The van der Waals surface area contributed by atoms with Crippen LogP contribution in [0, 0.1) is 5.92 Å². The zero-order valence-electron chi connectivity index (χ0n) is 8.62. The molecule has 84 valence electrons. The molecule has 2 fully saturated rings. The average Bonchev–Trinajstić information content (AvgIpc) is 2.56. The third kappa shape index (κ3) is 2.76. The number of carbonyl (C=O) groups excluding carboxylic acids is 2. The predicted octanol–water partition coefficient (Wildman–Crippen LogP) is -0.582. The molecule has 1 atom stereocenters. The summed E-state index contributed by atoms with van der Waals surface area (Å²) < 4.78 is 5.25. The second-order valence-corrected chi connectivity index (χ2v) is 4.13. The Labute approximate surface area is 88.5 Å². The van der Waals surface area contributed by atoms with Crippen LogP contribution in [0.2, 0.25) is 0 Å². The number of ether oxygens (including phenoxy) is 1. The minimum atomic E-state index is -0.319. The summed E-state index contributed by atoms with van der Waals surface area (Å²) in [6, 6.07) is -0.319. The van der Waals surface area contributed by atoms with Crippen LogP contribution in [0.5, 0.6) is 0 Å². The molecule has 2 rings (SSSR count). The molecule has 1 unspecified atom stereocenters. The van der Waals surface area contributed by atoms with Crippen molar-refractivity contribution >= 4 is 11.8 Å². The van der Waals surface area contributed by atoms with E-state index in [2.05, 4.69) is 10.6 Å². The van der Waals surface area contributed by atoms with E-state index in [1.807, 2.05) is 0 Å². The Morgan fingerprint density at radius 3 is 2.67 bits per heavy atom. The smallest absolute Gasteiger partial charge is 0.244 e. The Kier molecular flexibility index (Phi) is 3.33. The molecule has 0 radical (unpaired) electrons. The van der Waals surface area contributed by atoms with Crippen molar-refractivity contribution in [3.63, 3.8) is 0 Å². The van der Waals surface area contributed by atoms with Crippen LogP contribution in [-0.4, -0.2) is 37.6 Å². The van der Waals surface area contributed by atoms with Gasteiger partial charge in [-0.2, -0.15) is 0 Å². The fraction of sp³-hybridized carbons (Fsp3) is 0.800. The lowest BCUT2D eigenvalue weighted by Gasteiger charge is -2.23. The maximum atomic E-state index is 11.2. The second-order valence-electron chi connectivity index (χ2n) is 4.13. The lowest BCUT2D eigenvalue weighted by Crippen LogP contribution is -2.39. The predicted molar refractivity (Wildman–Crippen MR) is 53.1 cm³/mol. The number of rotatable bonds is 3. The fourth-order valence-corrected chi connectivity index (χ4v) is 1.98. The molecule has 5 nitrogen and oxygen atoms in total. The summed E-state index contributed by atoms with van der Waals surface area (Å²) >= 11 is 0. The van der Waals surface area contributed by atoms with Crippen molar-refractivity contribution in [1.29, 1.82) is 0 Å². The highest BCUT2D eigenvalue weighted by molar-refractivity contribution is 6.05. The van der Waals surface area contributed by atoms with E-state index in [0.717, 1.165) is 32.6 Å². The van der Waals surface area contributed by atoms with Crippen LogP contribution >= 0.6 is 0 Å². The molecule has 0 aromatic carbocycles.